The highest BCUT2D eigenvalue weighted by molar-refractivity contribution is 5.76. The van der Waals surface area contributed by atoms with Crippen LogP contribution in [0, 0.1) is 0 Å². The third-order valence-electron chi connectivity index (χ3n) is 5.36. The summed E-state index contributed by atoms with van der Waals surface area (Å²) in [4.78, 5) is 0. The van der Waals surface area contributed by atoms with Crippen LogP contribution >= 0.6 is 0 Å². The molecule has 0 spiro atoms. The smallest absolute Gasteiger partial charge is 0.113 e. The molecule has 0 bridgehead atoms. The summed E-state index contributed by atoms with van der Waals surface area (Å²) < 4.78 is 0. The number of benzene rings is 2. The number of aromatic nitrogens is 6. The number of H-pyrrole nitrogens is 2. The predicted molar refractivity (Wildman–Crippen MR) is 109 cm³/mol. The molecule has 146 valence electrons. The van der Waals surface area contributed by atoms with E-state index in [0.29, 0.717) is 13.1 Å². The topological polar surface area (TPSA) is 135 Å². The Labute approximate surface area is 163 Å². The number of fused-ring (bicyclic) bond motifs is 2. The standard InChI is InChI=1S/C20H26N8/c21-11-15-9-19-17(23-27-25-19)7-13(15)5-3-1-2-4-6-14-8-18-20(26-28-24-18)10-16(14)12-22/h7-10H,1-6,11-12,21-22H2,(H,23,25,27)(H,24,26,28). The van der Waals surface area contributed by atoms with E-state index in [-0.39, 0.29) is 0 Å². The number of nitrogens with zero attached hydrogens (tertiary/aromatic N) is 4. The molecule has 8 nitrogen and oxygen atoms in total. The van der Waals surface area contributed by atoms with Crippen LogP contribution in [-0.2, 0) is 25.9 Å². The Morgan fingerprint density at radius 2 is 0.893 bits per heavy atom. The quantitative estimate of drug-likeness (QED) is 0.330. The van der Waals surface area contributed by atoms with Gasteiger partial charge in [0.25, 0.3) is 0 Å². The van der Waals surface area contributed by atoms with Crippen molar-refractivity contribution >= 4 is 22.1 Å². The zero-order valence-electron chi connectivity index (χ0n) is 15.9. The largest absolute Gasteiger partial charge is 0.326 e. The van der Waals surface area contributed by atoms with Crippen molar-refractivity contribution in [1.29, 1.82) is 0 Å². The van der Waals surface area contributed by atoms with Gasteiger partial charge in [0.15, 0.2) is 0 Å². The lowest BCUT2D eigenvalue weighted by Gasteiger charge is -2.09. The summed E-state index contributed by atoms with van der Waals surface area (Å²) >= 11 is 0. The molecule has 0 aliphatic rings. The highest BCUT2D eigenvalue weighted by atomic mass is 15.3. The van der Waals surface area contributed by atoms with Crippen molar-refractivity contribution in [3.8, 4) is 0 Å². The first-order chi connectivity index (χ1) is 13.8. The van der Waals surface area contributed by atoms with Crippen molar-refractivity contribution in [2.75, 3.05) is 0 Å². The number of aromatic amines is 2. The zero-order chi connectivity index (χ0) is 19.3. The molecule has 28 heavy (non-hydrogen) atoms. The van der Waals surface area contributed by atoms with Crippen molar-refractivity contribution in [1.82, 2.24) is 30.8 Å². The zero-order valence-corrected chi connectivity index (χ0v) is 15.9. The van der Waals surface area contributed by atoms with Gasteiger partial charge in [0.2, 0.25) is 0 Å². The first-order valence-corrected chi connectivity index (χ1v) is 9.83. The molecule has 0 saturated carbocycles. The Morgan fingerprint density at radius 1 is 0.536 bits per heavy atom. The summed E-state index contributed by atoms with van der Waals surface area (Å²) in [6.45, 7) is 1.06. The van der Waals surface area contributed by atoms with Crippen molar-refractivity contribution in [3.63, 3.8) is 0 Å². The SMILES string of the molecule is NCc1cc2n[nH]nc2cc1CCCCCCc1cc2n[nH]nc2cc1CN. The van der Waals surface area contributed by atoms with E-state index < -0.39 is 0 Å². The third kappa shape index (κ3) is 3.88. The number of aryl methyl sites for hydroxylation is 2. The molecule has 4 rings (SSSR count). The van der Waals surface area contributed by atoms with Crippen molar-refractivity contribution in [2.24, 2.45) is 11.5 Å². The summed E-state index contributed by atoms with van der Waals surface area (Å²) in [5.74, 6) is 0. The number of unbranched alkanes of at least 4 members (excludes halogenated alkanes) is 3. The molecule has 0 atom stereocenters. The highest BCUT2D eigenvalue weighted by Crippen LogP contribution is 2.21. The van der Waals surface area contributed by atoms with Crippen LogP contribution in [0.1, 0.15) is 47.9 Å². The van der Waals surface area contributed by atoms with Gasteiger partial charge in [0.1, 0.15) is 22.1 Å². The molecule has 0 amide bonds. The van der Waals surface area contributed by atoms with E-state index in [0.717, 1.165) is 58.9 Å². The lowest BCUT2D eigenvalue weighted by atomic mass is 9.97. The van der Waals surface area contributed by atoms with Crippen LogP contribution in [0.2, 0.25) is 0 Å². The van der Waals surface area contributed by atoms with E-state index in [1.165, 1.54) is 24.0 Å². The summed E-state index contributed by atoms with van der Waals surface area (Å²) in [5.41, 5.74) is 20.3. The van der Waals surface area contributed by atoms with Gasteiger partial charge < -0.3 is 11.5 Å². The molecule has 0 aliphatic heterocycles. The van der Waals surface area contributed by atoms with Crippen molar-refractivity contribution in [2.45, 2.75) is 51.6 Å². The number of nitrogens with two attached hydrogens (primary N) is 2. The minimum Gasteiger partial charge on any atom is -0.326 e. The number of hydrogen-bond donors (Lipinski definition) is 4. The maximum Gasteiger partial charge on any atom is 0.113 e. The summed E-state index contributed by atoms with van der Waals surface area (Å²) in [6, 6.07) is 8.31. The molecule has 2 aromatic carbocycles. The average Bonchev–Trinajstić information content (AvgIpc) is 3.37. The third-order valence-corrected chi connectivity index (χ3v) is 5.36. The van der Waals surface area contributed by atoms with E-state index in [2.05, 4.69) is 43.0 Å². The second-order valence-corrected chi connectivity index (χ2v) is 7.19. The molecule has 0 saturated heterocycles. The summed E-state index contributed by atoms with van der Waals surface area (Å²) in [7, 11) is 0. The molecular formula is C20H26N8. The fourth-order valence-electron chi connectivity index (χ4n) is 3.78. The van der Waals surface area contributed by atoms with Gasteiger partial charge in [-0.1, -0.05) is 12.8 Å². The molecular weight excluding hydrogens is 352 g/mol. The number of rotatable bonds is 9. The lowest BCUT2D eigenvalue weighted by molar-refractivity contribution is 0.637. The van der Waals surface area contributed by atoms with E-state index in [4.69, 9.17) is 11.5 Å². The first kappa shape index (κ1) is 18.5. The molecule has 8 heteroatoms. The predicted octanol–water partition coefficient (Wildman–Crippen LogP) is 2.49. The van der Waals surface area contributed by atoms with Gasteiger partial charge in [0, 0.05) is 13.1 Å². The Morgan fingerprint density at radius 3 is 1.25 bits per heavy atom. The van der Waals surface area contributed by atoms with Crippen LogP contribution in [0.4, 0.5) is 0 Å². The van der Waals surface area contributed by atoms with Crippen LogP contribution in [0.15, 0.2) is 24.3 Å². The Kier molecular flexibility index (Phi) is 5.59. The van der Waals surface area contributed by atoms with Gasteiger partial charge in [-0.25, -0.2) is 0 Å². The second-order valence-electron chi connectivity index (χ2n) is 7.19. The van der Waals surface area contributed by atoms with Crippen molar-refractivity contribution in [3.05, 3.63) is 46.5 Å². The minimum absolute atomic E-state index is 0.532. The molecule has 0 aliphatic carbocycles. The number of nitrogens with one attached hydrogen (secondary N) is 2. The average molecular weight is 378 g/mol. The van der Waals surface area contributed by atoms with Gasteiger partial charge in [-0.3, -0.25) is 0 Å². The summed E-state index contributed by atoms with van der Waals surface area (Å²) in [6.07, 6.45) is 6.70. The Bertz CT molecular complexity index is 979. The van der Waals surface area contributed by atoms with E-state index in [9.17, 15) is 0 Å². The monoisotopic (exact) mass is 378 g/mol. The van der Waals surface area contributed by atoms with E-state index in [1.807, 2.05) is 12.1 Å². The lowest BCUT2D eigenvalue weighted by Crippen LogP contribution is -2.03. The maximum atomic E-state index is 5.91. The van der Waals surface area contributed by atoms with Crippen LogP contribution in [-0.4, -0.2) is 30.8 Å². The molecule has 0 fully saturated rings. The van der Waals surface area contributed by atoms with Crippen molar-refractivity contribution < 1.29 is 0 Å². The van der Waals surface area contributed by atoms with E-state index >= 15 is 0 Å². The maximum absolute atomic E-state index is 5.91. The van der Waals surface area contributed by atoms with E-state index in [1.54, 1.807) is 0 Å². The number of hydrogen-bond acceptors (Lipinski definition) is 6. The second kappa shape index (κ2) is 8.45. The van der Waals surface area contributed by atoms with Crippen LogP contribution in [0.25, 0.3) is 22.1 Å². The van der Waals surface area contributed by atoms with Gasteiger partial charge in [-0.05, 0) is 72.2 Å². The molecule has 0 radical (unpaired) electrons. The molecule has 2 heterocycles. The van der Waals surface area contributed by atoms with Gasteiger partial charge >= 0.3 is 0 Å². The van der Waals surface area contributed by atoms with Crippen LogP contribution in [0.5, 0.6) is 0 Å². The van der Waals surface area contributed by atoms with Crippen LogP contribution < -0.4 is 11.5 Å². The fraction of sp³-hybridized carbons (Fsp3) is 0.400. The summed E-state index contributed by atoms with van der Waals surface area (Å²) in [5, 5.41) is 22.0. The first-order valence-electron chi connectivity index (χ1n) is 9.83. The van der Waals surface area contributed by atoms with Gasteiger partial charge in [-0.2, -0.15) is 30.8 Å². The normalized spacial score (nSPS) is 11.6. The van der Waals surface area contributed by atoms with Crippen LogP contribution in [0.3, 0.4) is 0 Å². The highest BCUT2D eigenvalue weighted by Gasteiger charge is 2.08. The minimum atomic E-state index is 0.532. The molecule has 0 unspecified atom stereocenters. The Hall–Kier alpha value is -2.84. The van der Waals surface area contributed by atoms with Gasteiger partial charge in [0.05, 0.1) is 0 Å². The molecule has 6 N–H and O–H groups in total. The van der Waals surface area contributed by atoms with Gasteiger partial charge in [-0.15, -0.1) is 0 Å². The molecule has 4 aromatic rings. The fourth-order valence-corrected chi connectivity index (χ4v) is 3.78. The Balaban J connectivity index is 1.28. The molecule has 2 aromatic heterocycles.